The highest BCUT2D eigenvalue weighted by Gasteiger charge is 2.30. The van der Waals surface area contributed by atoms with Gasteiger partial charge >= 0.3 is 6.18 Å². The second-order valence-corrected chi connectivity index (χ2v) is 6.49. The van der Waals surface area contributed by atoms with Crippen LogP contribution in [0.15, 0.2) is 42.0 Å². The summed E-state index contributed by atoms with van der Waals surface area (Å²) in [5, 5.41) is 2.82. The topological polar surface area (TPSA) is 38.3 Å². The van der Waals surface area contributed by atoms with Gasteiger partial charge in [-0.2, -0.15) is 13.2 Å². The predicted octanol–water partition coefficient (Wildman–Crippen LogP) is 4.98. The molecule has 2 aromatic rings. The molecule has 0 atom stereocenters. The average Bonchev–Trinajstić information content (AvgIpc) is 2.64. The lowest BCUT2D eigenvalue weighted by atomic mass is 9.93. The summed E-state index contributed by atoms with van der Waals surface area (Å²) in [5.74, 6) is 0.498. The van der Waals surface area contributed by atoms with Crippen LogP contribution in [0.5, 0.6) is 5.75 Å². The molecule has 1 heterocycles. The van der Waals surface area contributed by atoms with Crippen LogP contribution >= 0.6 is 0 Å². The number of halogens is 3. The van der Waals surface area contributed by atoms with Crippen molar-refractivity contribution in [3.8, 4) is 16.9 Å². The Hall–Kier alpha value is -2.76. The molecule has 6 heteroatoms. The number of carbonyl (C=O) groups is 1. The van der Waals surface area contributed by atoms with Crippen LogP contribution in [0.25, 0.3) is 17.2 Å². The first-order valence-corrected chi connectivity index (χ1v) is 8.64. The molecule has 2 aromatic carbocycles. The van der Waals surface area contributed by atoms with E-state index in [-0.39, 0.29) is 5.91 Å². The van der Waals surface area contributed by atoms with Crippen LogP contribution in [0.1, 0.15) is 29.5 Å². The van der Waals surface area contributed by atoms with E-state index in [1.807, 2.05) is 19.1 Å². The smallest absolute Gasteiger partial charge is 0.416 e. The van der Waals surface area contributed by atoms with E-state index in [1.165, 1.54) is 19.2 Å². The summed E-state index contributed by atoms with van der Waals surface area (Å²) in [7, 11) is 1.53. The van der Waals surface area contributed by atoms with Crippen LogP contribution in [0.4, 0.5) is 13.2 Å². The maximum absolute atomic E-state index is 12.8. The van der Waals surface area contributed by atoms with Crippen molar-refractivity contribution < 1.29 is 22.7 Å². The molecule has 142 valence electrons. The molecule has 1 amide bonds. The van der Waals surface area contributed by atoms with Crippen molar-refractivity contribution in [2.45, 2.75) is 25.9 Å². The van der Waals surface area contributed by atoms with E-state index < -0.39 is 11.7 Å². The Morgan fingerprint density at radius 1 is 1.15 bits per heavy atom. The molecular formula is C21H20F3NO2. The van der Waals surface area contributed by atoms with Gasteiger partial charge < -0.3 is 10.1 Å². The quantitative estimate of drug-likeness (QED) is 0.768. The maximum Gasteiger partial charge on any atom is 0.416 e. The van der Waals surface area contributed by atoms with Crippen molar-refractivity contribution in [2.75, 3.05) is 13.7 Å². The fourth-order valence-corrected chi connectivity index (χ4v) is 3.15. The third kappa shape index (κ3) is 4.15. The molecule has 0 bridgehead atoms. The Labute approximate surface area is 155 Å². The van der Waals surface area contributed by atoms with Crippen LogP contribution in [-0.4, -0.2) is 19.6 Å². The molecular weight excluding hydrogens is 355 g/mol. The minimum absolute atomic E-state index is 0.0837. The SMILES string of the molecule is COc1cc(/C=C2\CCCNC2=O)c(C)c(-c2ccc(C(F)(F)F)cc2)c1. The second-order valence-electron chi connectivity index (χ2n) is 6.49. The Morgan fingerprint density at radius 3 is 2.44 bits per heavy atom. The van der Waals surface area contributed by atoms with Crippen LogP contribution in [0.3, 0.4) is 0 Å². The molecule has 0 radical (unpaired) electrons. The summed E-state index contributed by atoms with van der Waals surface area (Å²) in [6.45, 7) is 2.56. The van der Waals surface area contributed by atoms with Crippen molar-refractivity contribution in [3.05, 3.63) is 58.7 Å². The number of alkyl halides is 3. The zero-order valence-corrected chi connectivity index (χ0v) is 15.1. The first kappa shape index (κ1) is 19.0. The monoisotopic (exact) mass is 375 g/mol. The van der Waals surface area contributed by atoms with Crippen LogP contribution in [0, 0.1) is 6.92 Å². The van der Waals surface area contributed by atoms with Gasteiger partial charge in [-0.15, -0.1) is 0 Å². The van der Waals surface area contributed by atoms with Gasteiger partial charge in [0.2, 0.25) is 5.91 Å². The van der Waals surface area contributed by atoms with E-state index in [9.17, 15) is 18.0 Å². The van der Waals surface area contributed by atoms with E-state index in [0.717, 1.165) is 35.2 Å². The highest BCUT2D eigenvalue weighted by molar-refractivity contribution is 5.99. The number of nitrogens with one attached hydrogen (secondary N) is 1. The van der Waals surface area contributed by atoms with Crippen molar-refractivity contribution >= 4 is 12.0 Å². The van der Waals surface area contributed by atoms with Crippen LogP contribution in [0.2, 0.25) is 0 Å². The van der Waals surface area contributed by atoms with E-state index in [2.05, 4.69) is 5.32 Å². The summed E-state index contributed by atoms with van der Waals surface area (Å²) >= 11 is 0. The number of hydrogen-bond acceptors (Lipinski definition) is 2. The second kappa shape index (κ2) is 7.47. The van der Waals surface area contributed by atoms with Gasteiger partial charge in [0.1, 0.15) is 5.75 Å². The first-order chi connectivity index (χ1) is 12.8. The molecule has 0 spiro atoms. The molecule has 0 unspecified atom stereocenters. The first-order valence-electron chi connectivity index (χ1n) is 8.64. The fourth-order valence-electron chi connectivity index (χ4n) is 3.15. The standard InChI is InChI=1S/C21H20F3NO2/c1-13-16(10-15-4-3-9-25-20(15)26)11-18(27-2)12-19(13)14-5-7-17(8-6-14)21(22,23)24/h5-8,10-12H,3-4,9H2,1-2H3,(H,25,26)/b15-10+. The van der Waals surface area contributed by atoms with Gasteiger partial charge in [-0.05, 0) is 72.4 Å². The molecule has 0 aliphatic carbocycles. The van der Waals surface area contributed by atoms with Gasteiger partial charge in [-0.25, -0.2) is 0 Å². The lowest BCUT2D eigenvalue weighted by Gasteiger charge is -2.17. The zero-order chi connectivity index (χ0) is 19.6. The summed E-state index contributed by atoms with van der Waals surface area (Å²) in [6, 6.07) is 8.67. The summed E-state index contributed by atoms with van der Waals surface area (Å²) in [4.78, 5) is 12.0. The van der Waals surface area contributed by atoms with Gasteiger partial charge in [0.25, 0.3) is 0 Å². The minimum Gasteiger partial charge on any atom is -0.497 e. The lowest BCUT2D eigenvalue weighted by Crippen LogP contribution is -2.30. The van der Waals surface area contributed by atoms with Crippen LogP contribution < -0.4 is 10.1 Å². The zero-order valence-electron chi connectivity index (χ0n) is 15.1. The van der Waals surface area contributed by atoms with Gasteiger partial charge in [0.05, 0.1) is 12.7 Å². The maximum atomic E-state index is 12.8. The fraction of sp³-hybridized carbons (Fsp3) is 0.286. The lowest BCUT2D eigenvalue weighted by molar-refractivity contribution is -0.137. The van der Waals surface area contributed by atoms with E-state index in [4.69, 9.17) is 4.74 Å². The summed E-state index contributed by atoms with van der Waals surface area (Å²) < 4.78 is 43.8. The number of hydrogen-bond donors (Lipinski definition) is 1. The Morgan fingerprint density at radius 2 is 1.85 bits per heavy atom. The number of amides is 1. The Kier molecular flexibility index (Phi) is 5.26. The molecule has 3 nitrogen and oxygen atoms in total. The Bertz CT molecular complexity index is 884. The summed E-state index contributed by atoms with van der Waals surface area (Å²) in [6.07, 6.45) is -0.962. The third-order valence-electron chi connectivity index (χ3n) is 4.71. The van der Waals surface area contributed by atoms with E-state index >= 15 is 0 Å². The Balaban J connectivity index is 2.06. The molecule has 1 N–H and O–H groups in total. The number of ether oxygens (including phenoxy) is 1. The molecule has 1 saturated heterocycles. The predicted molar refractivity (Wildman–Crippen MR) is 98.4 cm³/mol. The molecule has 27 heavy (non-hydrogen) atoms. The number of piperidine rings is 1. The van der Waals surface area contributed by atoms with E-state index in [1.54, 1.807) is 6.07 Å². The number of benzene rings is 2. The number of rotatable bonds is 3. The number of methoxy groups -OCH3 is 1. The van der Waals surface area contributed by atoms with Gasteiger partial charge in [-0.1, -0.05) is 12.1 Å². The van der Waals surface area contributed by atoms with E-state index in [0.29, 0.717) is 29.9 Å². The molecule has 0 saturated carbocycles. The largest absolute Gasteiger partial charge is 0.497 e. The molecule has 1 aliphatic rings. The van der Waals surface area contributed by atoms with Gasteiger partial charge in [0, 0.05) is 12.1 Å². The van der Waals surface area contributed by atoms with Crippen LogP contribution in [-0.2, 0) is 11.0 Å². The van der Waals surface area contributed by atoms with Crippen molar-refractivity contribution in [1.29, 1.82) is 0 Å². The third-order valence-corrected chi connectivity index (χ3v) is 4.71. The minimum atomic E-state index is -4.37. The van der Waals surface area contributed by atoms with Crippen molar-refractivity contribution in [3.63, 3.8) is 0 Å². The average molecular weight is 375 g/mol. The molecule has 3 rings (SSSR count). The van der Waals surface area contributed by atoms with Crippen molar-refractivity contribution in [1.82, 2.24) is 5.32 Å². The van der Waals surface area contributed by atoms with Crippen molar-refractivity contribution in [2.24, 2.45) is 0 Å². The highest BCUT2D eigenvalue weighted by atomic mass is 19.4. The molecule has 0 aromatic heterocycles. The normalized spacial score (nSPS) is 16.3. The highest BCUT2D eigenvalue weighted by Crippen LogP contribution is 2.35. The molecule has 1 aliphatic heterocycles. The number of carbonyl (C=O) groups excluding carboxylic acids is 1. The van der Waals surface area contributed by atoms with Gasteiger partial charge in [0.15, 0.2) is 0 Å². The summed E-state index contributed by atoms with van der Waals surface area (Å²) in [5.41, 5.74) is 3.13. The van der Waals surface area contributed by atoms with Gasteiger partial charge in [-0.3, -0.25) is 4.79 Å². The molecule has 1 fully saturated rings.